The molecule has 2 N–H and O–H groups in total. The monoisotopic (exact) mass is 277 g/mol. The van der Waals surface area contributed by atoms with Gasteiger partial charge in [0.1, 0.15) is 5.82 Å². The highest BCUT2D eigenvalue weighted by molar-refractivity contribution is 6.38. The SMILES string of the molecule is COc1cc(-c2cc(N)n(C)n2)c(Cl)c2ccoc12. The van der Waals surface area contributed by atoms with E-state index in [0.29, 0.717) is 27.9 Å². The number of nitrogens with two attached hydrogens (primary N) is 1. The largest absolute Gasteiger partial charge is 0.493 e. The number of hydrogen-bond donors (Lipinski definition) is 1. The van der Waals surface area contributed by atoms with Crippen molar-refractivity contribution in [1.29, 1.82) is 0 Å². The Bertz CT molecular complexity index is 741. The van der Waals surface area contributed by atoms with Crippen molar-refractivity contribution >= 4 is 28.4 Å². The zero-order valence-electron chi connectivity index (χ0n) is 10.5. The summed E-state index contributed by atoms with van der Waals surface area (Å²) >= 11 is 6.40. The van der Waals surface area contributed by atoms with Crippen molar-refractivity contribution in [2.24, 2.45) is 7.05 Å². The second-order valence-electron chi connectivity index (χ2n) is 4.18. The van der Waals surface area contributed by atoms with Gasteiger partial charge >= 0.3 is 0 Å². The number of rotatable bonds is 2. The smallest absolute Gasteiger partial charge is 0.177 e. The Balaban J connectivity index is 2.31. The van der Waals surface area contributed by atoms with Gasteiger partial charge in [-0.25, -0.2) is 0 Å². The lowest BCUT2D eigenvalue weighted by atomic mass is 10.1. The molecule has 0 fully saturated rings. The first kappa shape index (κ1) is 11.9. The van der Waals surface area contributed by atoms with Crippen LogP contribution < -0.4 is 10.5 Å². The van der Waals surface area contributed by atoms with E-state index >= 15 is 0 Å². The third-order valence-corrected chi connectivity index (χ3v) is 3.46. The van der Waals surface area contributed by atoms with Gasteiger partial charge in [0.15, 0.2) is 11.3 Å². The predicted molar refractivity (Wildman–Crippen MR) is 74.4 cm³/mol. The molecule has 6 heteroatoms. The zero-order valence-corrected chi connectivity index (χ0v) is 11.2. The summed E-state index contributed by atoms with van der Waals surface area (Å²) < 4.78 is 12.3. The molecule has 98 valence electrons. The molecule has 0 saturated heterocycles. The molecule has 3 aromatic rings. The standard InChI is InChI=1S/C13H12ClN3O2/c1-17-11(15)6-9(16-17)8-5-10(18-2)13-7(12(8)14)3-4-19-13/h3-6H,15H2,1-2H3. The van der Waals surface area contributed by atoms with E-state index in [9.17, 15) is 0 Å². The molecule has 0 bridgehead atoms. The second-order valence-corrected chi connectivity index (χ2v) is 4.56. The minimum Gasteiger partial charge on any atom is -0.493 e. The fourth-order valence-corrected chi connectivity index (χ4v) is 2.33. The molecule has 2 heterocycles. The van der Waals surface area contributed by atoms with Gasteiger partial charge in [0.05, 0.1) is 24.1 Å². The fourth-order valence-electron chi connectivity index (χ4n) is 2.03. The van der Waals surface area contributed by atoms with Gasteiger partial charge in [0.2, 0.25) is 0 Å². The van der Waals surface area contributed by atoms with Gasteiger partial charge in [0.25, 0.3) is 0 Å². The first-order valence-corrected chi connectivity index (χ1v) is 6.03. The summed E-state index contributed by atoms with van der Waals surface area (Å²) in [5, 5.41) is 5.69. The molecule has 0 spiro atoms. The van der Waals surface area contributed by atoms with Crippen LogP contribution in [0.4, 0.5) is 5.82 Å². The maximum atomic E-state index is 6.40. The number of nitrogen functional groups attached to an aromatic ring is 1. The van der Waals surface area contributed by atoms with Crippen LogP contribution in [0, 0.1) is 0 Å². The zero-order chi connectivity index (χ0) is 13.6. The second kappa shape index (κ2) is 4.20. The average Bonchev–Trinajstić information content (AvgIpc) is 2.99. The number of nitrogens with zero attached hydrogens (tertiary/aromatic N) is 2. The Labute approximate surface area is 114 Å². The summed E-state index contributed by atoms with van der Waals surface area (Å²) in [6.07, 6.45) is 1.58. The van der Waals surface area contributed by atoms with Crippen LogP contribution in [0.15, 0.2) is 28.9 Å². The number of fused-ring (bicyclic) bond motifs is 1. The van der Waals surface area contributed by atoms with Crippen LogP contribution in [0.2, 0.25) is 5.02 Å². The van der Waals surface area contributed by atoms with Gasteiger partial charge in [0, 0.05) is 24.1 Å². The predicted octanol–water partition coefficient (Wildman–Crippen LogP) is 3.08. The Hall–Kier alpha value is -2.14. The van der Waals surface area contributed by atoms with Crippen LogP contribution in [-0.2, 0) is 7.05 Å². The van der Waals surface area contributed by atoms with E-state index in [2.05, 4.69) is 5.10 Å². The number of halogens is 1. The van der Waals surface area contributed by atoms with Gasteiger partial charge in [-0.15, -0.1) is 0 Å². The normalized spacial score (nSPS) is 11.1. The first-order chi connectivity index (χ1) is 9.11. The van der Waals surface area contributed by atoms with Crippen LogP contribution in [-0.4, -0.2) is 16.9 Å². The van der Waals surface area contributed by atoms with E-state index in [1.165, 1.54) is 0 Å². The number of anilines is 1. The topological polar surface area (TPSA) is 66.2 Å². The molecular formula is C13H12ClN3O2. The maximum absolute atomic E-state index is 6.40. The summed E-state index contributed by atoms with van der Waals surface area (Å²) in [4.78, 5) is 0. The van der Waals surface area contributed by atoms with Crippen molar-refractivity contribution in [2.75, 3.05) is 12.8 Å². The molecule has 0 aliphatic heterocycles. The van der Waals surface area contributed by atoms with E-state index in [-0.39, 0.29) is 0 Å². The van der Waals surface area contributed by atoms with E-state index < -0.39 is 0 Å². The van der Waals surface area contributed by atoms with Crippen molar-refractivity contribution in [3.05, 3.63) is 29.5 Å². The Morgan fingerprint density at radius 2 is 2.21 bits per heavy atom. The summed E-state index contributed by atoms with van der Waals surface area (Å²) in [5.74, 6) is 1.18. The van der Waals surface area contributed by atoms with Gasteiger partial charge in [-0.3, -0.25) is 4.68 Å². The molecule has 2 aromatic heterocycles. The van der Waals surface area contributed by atoms with Gasteiger partial charge in [-0.1, -0.05) is 11.6 Å². The first-order valence-electron chi connectivity index (χ1n) is 5.65. The van der Waals surface area contributed by atoms with E-state index in [1.807, 2.05) is 0 Å². The van der Waals surface area contributed by atoms with Gasteiger partial charge < -0.3 is 14.9 Å². The summed E-state index contributed by atoms with van der Waals surface area (Å²) in [7, 11) is 3.36. The summed E-state index contributed by atoms with van der Waals surface area (Å²) in [5.41, 5.74) is 7.89. The highest BCUT2D eigenvalue weighted by atomic mass is 35.5. The molecule has 0 amide bonds. The Morgan fingerprint density at radius 3 is 2.84 bits per heavy atom. The van der Waals surface area contributed by atoms with Crippen molar-refractivity contribution in [3.8, 4) is 17.0 Å². The minimum absolute atomic E-state index is 0.567. The van der Waals surface area contributed by atoms with Crippen LogP contribution in [0.25, 0.3) is 22.2 Å². The maximum Gasteiger partial charge on any atom is 0.177 e. The summed E-state index contributed by atoms with van der Waals surface area (Å²) in [6, 6.07) is 5.37. The van der Waals surface area contributed by atoms with Gasteiger partial charge in [-0.05, 0) is 12.1 Å². The molecule has 0 saturated carbocycles. The number of hydrogen-bond acceptors (Lipinski definition) is 4. The van der Waals surface area contributed by atoms with Crippen LogP contribution in [0.5, 0.6) is 5.75 Å². The van der Waals surface area contributed by atoms with E-state index in [4.69, 9.17) is 26.5 Å². The molecule has 5 nitrogen and oxygen atoms in total. The molecular weight excluding hydrogens is 266 g/mol. The van der Waals surface area contributed by atoms with Crippen molar-refractivity contribution in [2.45, 2.75) is 0 Å². The third-order valence-electron chi connectivity index (χ3n) is 3.05. The number of furan rings is 1. The van der Waals surface area contributed by atoms with Crippen LogP contribution >= 0.6 is 11.6 Å². The fraction of sp³-hybridized carbons (Fsp3) is 0.154. The van der Waals surface area contributed by atoms with Crippen LogP contribution in [0.3, 0.4) is 0 Å². The number of methoxy groups -OCH3 is 1. The quantitative estimate of drug-likeness (QED) is 0.782. The van der Waals surface area contributed by atoms with Gasteiger partial charge in [-0.2, -0.15) is 5.10 Å². The lowest BCUT2D eigenvalue weighted by Gasteiger charge is -2.06. The molecule has 19 heavy (non-hydrogen) atoms. The van der Waals surface area contributed by atoms with Crippen LogP contribution in [0.1, 0.15) is 0 Å². The highest BCUT2D eigenvalue weighted by Crippen LogP contribution is 2.40. The van der Waals surface area contributed by atoms with Crippen molar-refractivity contribution in [1.82, 2.24) is 9.78 Å². The Morgan fingerprint density at radius 1 is 1.42 bits per heavy atom. The lowest BCUT2D eigenvalue weighted by Crippen LogP contribution is -1.96. The molecule has 1 aromatic carbocycles. The molecule has 0 radical (unpaired) electrons. The molecule has 0 unspecified atom stereocenters. The molecule has 0 aliphatic rings. The number of benzene rings is 1. The molecule has 0 aliphatic carbocycles. The highest BCUT2D eigenvalue weighted by Gasteiger charge is 2.17. The van der Waals surface area contributed by atoms with E-state index in [0.717, 1.165) is 10.9 Å². The number of ether oxygens (including phenoxy) is 1. The van der Waals surface area contributed by atoms with Crippen molar-refractivity contribution < 1.29 is 9.15 Å². The minimum atomic E-state index is 0.567. The average molecular weight is 278 g/mol. The number of aromatic nitrogens is 2. The summed E-state index contributed by atoms with van der Waals surface area (Å²) in [6.45, 7) is 0. The van der Waals surface area contributed by atoms with Crippen molar-refractivity contribution in [3.63, 3.8) is 0 Å². The molecule has 3 rings (SSSR count). The lowest BCUT2D eigenvalue weighted by molar-refractivity contribution is 0.410. The Kier molecular flexibility index (Phi) is 2.64. The molecule has 0 atom stereocenters. The van der Waals surface area contributed by atoms with E-state index in [1.54, 1.807) is 43.3 Å². The third kappa shape index (κ3) is 1.74. The number of aryl methyl sites for hydroxylation is 1.